The van der Waals surface area contributed by atoms with Crippen molar-refractivity contribution in [3.63, 3.8) is 0 Å². The highest BCUT2D eigenvalue weighted by molar-refractivity contribution is 7.26. The number of aromatic nitrogens is 3. The number of hydrogen-bond donors (Lipinski definition) is 0. The summed E-state index contributed by atoms with van der Waals surface area (Å²) in [6.07, 6.45) is 0. The molecule has 0 aliphatic rings. The van der Waals surface area contributed by atoms with Crippen LogP contribution in [0.4, 0.5) is 0 Å². The van der Waals surface area contributed by atoms with Crippen molar-refractivity contribution in [1.29, 1.82) is 0 Å². The van der Waals surface area contributed by atoms with E-state index in [1.165, 1.54) is 20.2 Å². The lowest BCUT2D eigenvalue weighted by Crippen LogP contribution is -2.00. The maximum Gasteiger partial charge on any atom is 0.165 e. The predicted molar refractivity (Wildman–Crippen MR) is 134 cm³/mol. The number of aryl methyl sites for hydroxylation is 1. The van der Waals surface area contributed by atoms with E-state index >= 15 is 0 Å². The monoisotopic (exact) mass is 429 g/mol. The Morgan fingerprint density at radius 3 is 2.00 bits per heavy atom. The van der Waals surface area contributed by atoms with Gasteiger partial charge in [-0.3, -0.25) is 0 Å². The van der Waals surface area contributed by atoms with Crippen LogP contribution in [0.1, 0.15) is 5.82 Å². The van der Waals surface area contributed by atoms with Crippen LogP contribution in [0.15, 0.2) is 97.1 Å². The molecule has 0 amide bonds. The highest BCUT2D eigenvalue weighted by Crippen LogP contribution is 2.39. The number of fused-ring (bicyclic) bond motifs is 3. The highest BCUT2D eigenvalue weighted by Gasteiger charge is 2.16. The molecular weight excluding hydrogens is 410 g/mol. The molecule has 0 spiro atoms. The normalized spacial score (nSPS) is 11.3. The van der Waals surface area contributed by atoms with Crippen LogP contribution in [0.25, 0.3) is 54.1 Å². The molecule has 152 valence electrons. The maximum absolute atomic E-state index is 4.96. The standard InChI is InChI=1S/C28H19N3S/c1-18-29-27(23-14-6-5-12-20(23)19-10-3-2-4-11-19)31-28(30-18)24-16-9-15-22-21-13-7-8-17-25(21)32-26(22)24/h2-17H,1H3. The second-order valence-electron chi connectivity index (χ2n) is 7.72. The summed E-state index contributed by atoms with van der Waals surface area (Å²) in [6.45, 7) is 1.94. The quantitative estimate of drug-likeness (QED) is 0.291. The number of nitrogens with zero attached hydrogens (tertiary/aromatic N) is 3. The molecule has 0 bridgehead atoms. The van der Waals surface area contributed by atoms with Crippen molar-refractivity contribution in [2.45, 2.75) is 6.92 Å². The summed E-state index contributed by atoms with van der Waals surface area (Å²) < 4.78 is 2.48. The zero-order chi connectivity index (χ0) is 21.5. The first-order valence-electron chi connectivity index (χ1n) is 10.6. The molecule has 0 fully saturated rings. The molecular formula is C28H19N3S. The Labute approximate surface area is 190 Å². The van der Waals surface area contributed by atoms with Crippen LogP contribution < -0.4 is 0 Å². The molecule has 4 heteroatoms. The summed E-state index contributed by atoms with van der Waals surface area (Å²) in [6, 6.07) is 33.6. The second kappa shape index (κ2) is 7.66. The van der Waals surface area contributed by atoms with Crippen LogP contribution in [0.2, 0.25) is 0 Å². The van der Waals surface area contributed by atoms with Crippen LogP contribution >= 0.6 is 11.3 Å². The van der Waals surface area contributed by atoms with E-state index in [1.807, 2.05) is 19.1 Å². The summed E-state index contributed by atoms with van der Waals surface area (Å²) in [5.74, 6) is 2.13. The van der Waals surface area contributed by atoms with Gasteiger partial charge in [0.25, 0.3) is 0 Å². The van der Waals surface area contributed by atoms with Crippen molar-refractivity contribution in [1.82, 2.24) is 15.0 Å². The molecule has 4 aromatic carbocycles. The summed E-state index contributed by atoms with van der Waals surface area (Å²) in [4.78, 5) is 14.4. The van der Waals surface area contributed by atoms with Gasteiger partial charge in [0.05, 0.1) is 0 Å². The van der Waals surface area contributed by atoms with Crippen LogP contribution in [0.5, 0.6) is 0 Å². The fraction of sp³-hybridized carbons (Fsp3) is 0.0357. The molecule has 0 saturated carbocycles. The van der Waals surface area contributed by atoms with Crippen molar-refractivity contribution in [3.8, 4) is 33.9 Å². The van der Waals surface area contributed by atoms with Gasteiger partial charge in [-0.05, 0) is 30.2 Å². The van der Waals surface area contributed by atoms with Crippen molar-refractivity contribution in [2.24, 2.45) is 0 Å². The van der Waals surface area contributed by atoms with Gasteiger partial charge >= 0.3 is 0 Å². The Hall–Kier alpha value is -3.89. The minimum atomic E-state index is 0.699. The minimum absolute atomic E-state index is 0.699. The lowest BCUT2D eigenvalue weighted by atomic mass is 9.99. The average molecular weight is 430 g/mol. The van der Waals surface area contributed by atoms with Gasteiger partial charge in [-0.15, -0.1) is 11.3 Å². The molecule has 32 heavy (non-hydrogen) atoms. The first-order chi connectivity index (χ1) is 15.8. The first-order valence-corrected chi connectivity index (χ1v) is 11.4. The largest absolute Gasteiger partial charge is 0.213 e. The van der Waals surface area contributed by atoms with Gasteiger partial charge in [0, 0.05) is 31.3 Å². The summed E-state index contributed by atoms with van der Waals surface area (Å²) in [5, 5.41) is 2.52. The molecule has 3 nitrogen and oxygen atoms in total. The van der Waals surface area contributed by atoms with E-state index in [4.69, 9.17) is 15.0 Å². The van der Waals surface area contributed by atoms with Crippen LogP contribution in [0, 0.1) is 6.92 Å². The fourth-order valence-electron chi connectivity index (χ4n) is 4.19. The van der Waals surface area contributed by atoms with Crippen molar-refractivity contribution >= 4 is 31.5 Å². The van der Waals surface area contributed by atoms with Gasteiger partial charge in [-0.2, -0.15) is 0 Å². The highest BCUT2D eigenvalue weighted by atomic mass is 32.1. The fourth-order valence-corrected chi connectivity index (χ4v) is 5.41. The van der Waals surface area contributed by atoms with Gasteiger partial charge in [-0.25, -0.2) is 15.0 Å². The molecule has 6 aromatic rings. The van der Waals surface area contributed by atoms with Gasteiger partial charge < -0.3 is 0 Å². The molecule has 6 rings (SSSR count). The molecule has 0 atom stereocenters. The van der Waals surface area contributed by atoms with Crippen molar-refractivity contribution in [2.75, 3.05) is 0 Å². The van der Waals surface area contributed by atoms with Crippen molar-refractivity contribution < 1.29 is 0 Å². The third-order valence-electron chi connectivity index (χ3n) is 5.65. The van der Waals surface area contributed by atoms with E-state index < -0.39 is 0 Å². The third kappa shape index (κ3) is 3.17. The molecule has 0 saturated heterocycles. The first kappa shape index (κ1) is 18.8. The minimum Gasteiger partial charge on any atom is -0.213 e. The summed E-state index contributed by atoms with van der Waals surface area (Å²) in [7, 11) is 0. The van der Waals surface area contributed by atoms with Crippen LogP contribution in [-0.2, 0) is 0 Å². The Kier molecular flexibility index (Phi) is 4.51. The van der Waals surface area contributed by atoms with E-state index in [0.29, 0.717) is 17.5 Å². The lowest BCUT2D eigenvalue weighted by Gasteiger charge is -2.11. The molecule has 0 aliphatic carbocycles. The Balaban J connectivity index is 1.57. The molecule has 2 aromatic heterocycles. The second-order valence-corrected chi connectivity index (χ2v) is 8.77. The molecule has 2 heterocycles. The molecule has 0 N–H and O–H groups in total. The number of thiophene rings is 1. The van der Waals surface area contributed by atoms with Crippen LogP contribution in [-0.4, -0.2) is 15.0 Å². The van der Waals surface area contributed by atoms with E-state index in [9.17, 15) is 0 Å². The molecule has 0 aliphatic heterocycles. The predicted octanol–water partition coefficient (Wildman–Crippen LogP) is 7.55. The average Bonchev–Trinajstić information content (AvgIpc) is 3.23. The van der Waals surface area contributed by atoms with Gasteiger partial charge in [0.15, 0.2) is 11.6 Å². The van der Waals surface area contributed by atoms with Gasteiger partial charge in [-0.1, -0.05) is 84.9 Å². The molecule has 0 radical (unpaired) electrons. The Bertz CT molecular complexity index is 1590. The SMILES string of the molecule is Cc1nc(-c2ccccc2-c2ccccc2)nc(-c2cccc3c2sc2ccccc23)n1. The zero-order valence-corrected chi connectivity index (χ0v) is 18.3. The van der Waals surface area contributed by atoms with Crippen molar-refractivity contribution in [3.05, 3.63) is 103 Å². The topological polar surface area (TPSA) is 38.7 Å². The zero-order valence-electron chi connectivity index (χ0n) is 17.5. The van der Waals surface area contributed by atoms with E-state index in [2.05, 4.69) is 84.9 Å². The number of benzene rings is 4. The summed E-state index contributed by atoms with van der Waals surface area (Å²) >= 11 is 1.79. The van der Waals surface area contributed by atoms with Gasteiger partial charge in [0.2, 0.25) is 0 Å². The Morgan fingerprint density at radius 2 is 1.16 bits per heavy atom. The Morgan fingerprint density at radius 1 is 0.531 bits per heavy atom. The molecule has 0 unspecified atom stereocenters. The van der Waals surface area contributed by atoms with Gasteiger partial charge in [0.1, 0.15) is 5.82 Å². The van der Waals surface area contributed by atoms with E-state index in [-0.39, 0.29) is 0 Å². The number of hydrogen-bond acceptors (Lipinski definition) is 4. The summed E-state index contributed by atoms with van der Waals surface area (Å²) in [5.41, 5.74) is 4.32. The maximum atomic E-state index is 4.96. The van der Waals surface area contributed by atoms with E-state index in [1.54, 1.807) is 11.3 Å². The van der Waals surface area contributed by atoms with Crippen LogP contribution in [0.3, 0.4) is 0 Å². The number of rotatable bonds is 3. The third-order valence-corrected chi connectivity index (χ3v) is 6.87. The smallest absolute Gasteiger partial charge is 0.165 e. The lowest BCUT2D eigenvalue weighted by molar-refractivity contribution is 0.994. The van der Waals surface area contributed by atoms with E-state index in [0.717, 1.165) is 22.3 Å².